The van der Waals surface area contributed by atoms with Crippen molar-refractivity contribution in [3.8, 4) is 5.75 Å². The van der Waals surface area contributed by atoms with Crippen LogP contribution >= 0.6 is 11.3 Å². The van der Waals surface area contributed by atoms with Gasteiger partial charge in [0.25, 0.3) is 0 Å². The number of fused-ring (bicyclic) bond motifs is 1. The van der Waals surface area contributed by atoms with Crippen LogP contribution in [0.1, 0.15) is 29.0 Å². The van der Waals surface area contributed by atoms with E-state index >= 15 is 0 Å². The SMILES string of the molecule is CCOc1ccc(NC(=O)N2CCN(C(=O)CN3CCc4sccc4C3c3cccc(F)c3)CC2)cc1. The number of nitrogens with zero attached hydrogens (tertiary/aromatic N) is 3. The lowest BCUT2D eigenvalue weighted by atomic mass is 9.93. The number of carbonyl (C=O) groups excluding carboxylic acids is 2. The molecule has 0 aliphatic carbocycles. The molecule has 2 aromatic carbocycles. The van der Waals surface area contributed by atoms with E-state index in [-0.39, 0.29) is 30.3 Å². The number of hydrogen-bond acceptors (Lipinski definition) is 5. The lowest BCUT2D eigenvalue weighted by Gasteiger charge is -2.39. The number of nitrogens with one attached hydrogen (secondary N) is 1. The van der Waals surface area contributed by atoms with E-state index in [1.165, 1.54) is 10.9 Å². The smallest absolute Gasteiger partial charge is 0.321 e. The highest BCUT2D eigenvalue weighted by Gasteiger charge is 2.33. The molecule has 2 aliphatic heterocycles. The molecule has 1 atom stereocenters. The zero-order valence-corrected chi connectivity index (χ0v) is 21.7. The molecule has 1 aromatic heterocycles. The molecule has 3 amide bonds. The molecule has 2 aliphatic rings. The van der Waals surface area contributed by atoms with Crippen molar-refractivity contribution in [1.29, 1.82) is 0 Å². The molecule has 0 saturated carbocycles. The van der Waals surface area contributed by atoms with Crippen molar-refractivity contribution in [2.24, 2.45) is 0 Å². The summed E-state index contributed by atoms with van der Waals surface area (Å²) in [6, 6.07) is 15.7. The van der Waals surface area contributed by atoms with Crippen LogP contribution in [0, 0.1) is 5.82 Å². The number of rotatable bonds is 6. The molecule has 0 radical (unpaired) electrons. The van der Waals surface area contributed by atoms with Gasteiger partial charge < -0.3 is 19.9 Å². The van der Waals surface area contributed by atoms with Crippen LogP contribution in [-0.4, -0.2) is 72.5 Å². The Labute approximate surface area is 220 Å². The Kier molecular flexibility index (Phi) is 7.71. The van der Waals surface area contributed by atoms with Gasteiger partial charge in [0, 0.05) is 43.3 Å². The maximum absolute atomic E-state index is 14.1. The predicted molar refractivity (Wildman–Crippen MR) is 143 cm³/mol. The minimum absolute atomic E-state index is 0.0339. The monoisotopic (exact) mass is 522 g/mol. The number of amides is 3. The third-order valence-corrected chi connectivity index (χ3v) is 7.90. The highest BCUT2D eigenvalue weighted by Crippen LogP contribution is 2.37. The van der Waals surface area contributed by atoms with E-state index in [0.717, 1.165) is 29.8 Å². The summed E-state index contributed by atoms with van der Waals surface area (Å²) in [4.78, 5) is 33.0. The average Bonchev–Trinajstić information content (AvgIpc) is 3.39. The van der Waals surface area contributed by atoms with Gasteiger partial charge in [-0.3, -0.25) is 9.69 Å². The molecule has 1 saturated heterocycles. The second kappa shape index (κ2) is 11.3. The van der Waals surface area contributed by atoms with E-state index in [1.807, 2.05) is 42.2 Å². The highest BCUT2D eigenvalue weighted by atomic mass is 32.1. The van der Waals surface area contributed by atoms with Gasteiger partial charge >= 0.3 is 6.03 Å². The third kappa shape index (κ3) is 5.78. The van der Waals surface area contributed by atoms with Crippen LogP contribution in [0.5, 0.6) is 5.75 Å². The molecule has 1 unspecified atom stereocenters. The Balaban J connectivity index is 1.18. The minimum atomic E-state index is -0.272. The summed E-state index contributed by atoms with van der Waals surface area (Å²) in [6.45, 7) is 5.42. The van der Waals surface area contributed by atoms with Crippen molar-refractivity contribution in [3.63, 3.8) is 0 Å². The van der Waals surface area contributed by atoms with E-state index in [0.29, 0.717) is 38.5 Å². The van der Waals surface area contributed by atoms with Crippen LogP contribution in [0.3, 0.4) is 0 Å². The molecule has 3 heterocycles. The van der Waals surface area contributed by atoms with Crippen LogP contribution in [-0.2, 0) is 11.2 Å². The van der Waals surface area contributed by atoms with E-state index in [1.54, 1.807) is 28.4 Å². The summed E-state index contributed by atoms with van der Waals surface area (Å²) in [6.07, 6.45) is 0.881. The largest absolute Gasteiger partial charge is 0.494 e. The number of piperazine rings is 1. The van der Waals surface area contributed by atoms with Crippen LogP contribution in [0.4, 0.5) is 14.9 Å². The number of ether oxygens (including phenoxy) is 1. The van der Waals surface area contributed by atoms with E-state index in [2.05, 4.69) is 21.7 Å². The zero-order chi connectivity index (χ0) is 25.8. The van der Waals surface area contributed by atoms with Crippen molar-refractivity contribution in [2.75, 3.05) is 51.2 Å². The van der Waals surface area contributed by atoms with E-state index in [4.69, 9.17) is 4.74 Å². The molecule has 5 rings (SSSR count). The maximum atomic E-state index is 14.1. The molecule has 3 aromatic rings. The zero-order valence-electron chi connectivity index (χ0n) is 20.9. The minimum Gasteiger partial charge on any atom is -0.494 e. The fourth-order valence-corrected chi connectivity index (χ4v) is 5.95. The standard InChI is InChI=1S/C28H31FN4O3S/c1-2-36-23-8-6-22(7-9-23)30-28(35)32-15-13-31(14-16-32)26(34)19-33-12-10-25-24(11-17-37-25)27(33)20-4-3-5-21(29)18-20/h3-9,11,17-18,27H,2,10,12-16,19H2,1H3,(H,30,35). The van der Waals surface area contributed by atoms with E-state index < -0.39 is 0 Å². The Morgan fingerprint density at radius 2 is 1.78 bits per heavy atom. The topological polar surface area (TPSA) is 65.1 Å². The number of hydrogen-bond donors (Lipinski definition) is 1. The summed E-state index contributed by atoms with van der Waals surface area (Å²) in [5.74, 6) is 0.522. The summed E-state index contributed by atoms with van der Waals surface area (Å²) in [7, 11) is 0. The Hall–Kier alpha value is -3.43. The Bertz CT molecular complexity index is 1240. The van der Waals surface area contributed by atoms with Crippen LogP contribution < -0.4 is 10.1 Å². The summed E-state index contributed by atoms with van der Waals surface area (Å²) in [5.41, 5.74) is 2.72. The molecule has 0 spiro atoms. The molecular formula is C28H31FN4O3S. The van der Waals surface area contributed by atoms with Gasteiger partial charge in [0.15, 0.2) is 0 Å². The second-order valence-corrected chi connectivity index (χ2v) is 10.2. The normalized spacial score (nSPS) is 17.8. The van der Waals surface area contributed by atoms with E-state index in [9.17, 15) is 14.0 Å². The van der Waals surface area contributed by atoms with Crippen molar-refractivity contribution >= 4 is 29.0 Å². The van der Waals surface area contributed by atoms with Crippen LogP contribution in [0.2, 0.25) is 0 Å². The quantitative estimate of drug-likeness (QED) is 0.514. The van der Waals surface area contributed by atoms with Gasteiger partial charge in [-0.05, 0) is 72.3 Å². The molecule has 194 valence electrons. The number of benzene rings is 2. The molecular weight excluding hydrogens is 491 g/mol. The average molecular weight is 523 g/mol. The highest BCUT2D eigenvalue weighted by molar-refractivity contribution is 7.10. The van der Waals surface area contributed by atoms with Gasteiger partial charge in [0.1, 0.15) is 11.6 Å². The van der Waals surface area contributed by atoms with Crippen molar-refractivity contribution in [2.45, 2.75) is 19.4 Å². The lowest BCUT2D eigenvalue weighted by Crippen LogP contribution is -2.54. The van der Waals surface area contributed by atoms with Gasteiger partial charge in [0.2, 0.25) is 5.91 Å². The van der Waals surface area contributed by atoms with Crippen molar-refractivity contribution in [3.05, 3.63) is 81.8 Å². The summed E-state index contributed by atoms with van der Waals surface area (Å²) >= 11 is 1.72. The molecule has 1 N–H and O–H groups in total. The second-order valence-electron chi connectivity index (χ2n) is 9.23. The third-order valence-electron chi connectivity index (χ3n) is 6.90. The summed E-state index contributed by atoms with van der Waals surface area (Å²) in [5, 5.41) is 4.99. The first-order valence-electron chi connectivity index (χ1n) is 12.6. The van der Waals surface area contributed by atoms with Gasteiger partial charge in [-0.15, -0.1) is 11.3 Å². The number of carbonyl (C=O) groups is 2. The maximum Gasteiger partial charge on any atom is 0.321 e. The molecule has 7 nitrogen and oxygen atoms in total. The van der Waals surface area contributed by atoms with Crippen LogP contribution in [0.25, 0.3) is 0 Å². The number of halogens is 1. The molecule has 1 fully saturated rings. The van der Waals surface area contributed by atoms with Crippen LogP contribution in [0.15, 0.2) is 60.0 Å². The lowest BCUT2D eigenvalue weighted by molar-refractivity contribution is -0.134. The van der Waals surface area contributed by atoms with Gasteiger partial charge in [-0.1, -0.05) is 12.1 Å². The molecule has 37 heavy (non-hydrogen) atoms. The van der Waals surface area contributed by atoms with Gasteiger partial charge in [-0.25, -0.2) is 9.18 Å². The first-order valence-corrected chi connectivity index (χ1v) is 13.5. The fraction of sp³-hybridized carbons (Fsp3) is 0.357. The fourth-order valence-electron chi connectivity index (χ4n) is 5.04. The summed E-state index contributed by atoms with van der Waals surface area (Å²) < 4.78 is 19.5. The first-order chi connectivity index (χ1) is 18.0. The van der Waals surface area contributed by atoms with Crippen molar-refractivity contribution in [1.82, 2.24) is 14.7 Å². The van der Waals surface area contributed by atoms with Crippen molar-refractivity contribution < 1.29 is 18.7 Å². The van der Waals surface area contributed by atoms with Gasteiger partial charge in [-0.2, -0.15) is 0 Å². The molecule has 9 heteroatoms. The number of anilines is 1. The molecule has 0 bridgehead atoms. The Morgan fingerprint density at radius 1 is 1.03 bits per heavy atom. The Morgan fingerprint density at radius 3 is 2.51 bits per heavy atom. The van der Waals surface area contributed by atoms with Gasteiger partial charge in [0.05, 0.1) is 19.2 Å². The first kappa shape index (κ1) is 25.2. The number of urea groups is 1. The number of thiophene rings is 1. The predicted octanol–water partition coefficient (Wildman–Crippen LogP) is 4.61.